The number of nitrogens with zero attached hydrogens (tertiary/aromatic N) is 1. The summed E-state index contributed by atoms with van der Waals surface area (Å²) in [5, 5.41) is 16.9. The summed E-state index contributed by atoms with van der Waals surface area (Å²) in [5.41, 5.74) is 4.98. The van der Waals surface area contributed by atoms with Crippen LogP contribution in [0.1, 0.15) is 30.4 Å². The molecule has 2 aromatic carbocycles. The molecule has 0 saturated carbocycles. The van der Waals surface area contributed by atoms with Crippen LogP contribution in [0.25, 0.3) is 20.8 Å². The standard InChI is InChI=1S/C32H36N2O6S2/c1-3-39-32-25(10-13-37-15-16-38-14-12-35)26(23-11-17-41-20-23)19-28(40-32)30(36)33-24-7-5-22(6-8-24)31-34-27-9-4-21(2)18-29(27)42-31/h4-9,11,17-20,25-26,32,35H,3,10,12-16H2,1-2H3,(H,33,36)/t25-,26+,32+/m0/s1. The Balaban J connectivity index is 1.27. The Labute approximate surface area is 253 Å². The number of nitrogens with one attached hydrogen (secondary N) is 1. The van der Waals surface area contributed by atoms with Crippen molar-refractivity contribution >= 4 is 44.5 Å². The molecule has 0 bridgehead atoms. The van der Waals surface area contributed by atoms with Crippen molar-refractivity contribution in [3.63, 3.8) is 0 Å². The summed E-state index contributed by atoms with van der Waals surface area (Å²) in [4.78, 5) is 18.2. The number of ether oxygens (including phenoxy) is 4. The largest absolute Gasteiger partial charge is 0.459 e. The van der Waals surface area contributed by atoms with Crippen LogP contribution in [0, 0.1) is 12.8 Å². The van der Waals surface area contributed by atoms with Gasteiger partial charge in [-0.2, -0.15) is 11.3 Å². The second kappa shape index (κ2) is 14.9. The van der Waals surface area contributed by atoms with Gasteiger partial charge in [0, 0.05) is 36.3 Å². The van der Waals surface area contributed by atoms with E-state index in [1.165, 1.54) is 5.56 Å². The lowest BCUT2D eigenvalue weighted by atomic mass is 9.82. The van der Waals surface area contributed by atoms with Crippen LogP contribution in [-0.2, 0) is 23.7 Å². The number of carbonyl (C=O) groups excluding carboxylic acids is 1. The predicted molar refractivity (Wildman–Crippen MR) is 167 cm³/mol. The van der Waals surface area contributed by atoms with E-state index >= 15 is 0 Å². The van der Waals surface area contributed by atoms with E-state index in [1.54, 1.807) is 22.7 Å². The molecule has 1 aliphatic heterocycles. The Kier molecular flexibility index (Phi) is 10.7. The van der Waals surface area contributed by atoms with Crippen molar-refractivity contribution in [2.75, 3.05) is 45.0 Å². The summed E-state index contributed by atoms with van der Waals surface area (Å²) < 4.78 is 24.4. The van der Waals surface area contributed by atoms with Crippen molar-refractivity contribution < 1.29 is 28.8 Å². The minimum Gasteiger partial charge on any atom is -0.459 e. The topological polar surface area (TPSA) is 99.1 Å². The normalized spacial score (nSPS) is 18.5. The quantitative estimate of drug-likeness (QED) is 0.161. The molecule has 222 valence electrons. The van der Waals surface area contributed by atoms with Crippen molar-refractivity contribution in [3.8, 4) is 10.6 Å². The molecule has 3 atom stereocenters. The molecule has 0 unspecified atom stereocenters. The van der Waals surface area contributed by atoms with Crippen molar-refractivity contribution in [1.29, 1.82) is 0 Å². The molecule has 42 heavy (non-hydrogen) atoms. The minimum atomic E-state index is -0.593. The Morgan fingerprint density at radius 2 is 1.88 bits per heavy atom. The lowest BCUT2D eigenvalue weighted by Gasteiger charge is -2.36. The number of aliphatic hydroxyl groups is 1. The molecule has 0 aliphatic carbocycles. The number of fused-ring (bicyclic) bond motifs is 1. The van der Waals surface area contributed by atoms with Crippen LogP contribution in [0.15, 0.2) is 71.1 Å². The summed E-state index contributed by atoms with van der Waals surface area (Å²) in [6.45, 7) is 6.11. The molecular weight excluding hydrogens is 572 g/mol. The van der Waals surface area contributed by atoms with Gasteiger partial charge in [-0.05, 0) is 90.7 Å². The van der Waals surface area contributed by atoms with Gasteiger partial charge in [-0.25, -0.2) is 4.98 Å². The van der Waals surface area contributed by atoms with E-state index < -0.39 is 6.29 Å². The summed E-state index contributed by atoms with van der Waals surface area (Å²) in [6.07, 6.45) is 1.99. The molecule has 0 spiro atoms. The van der Waals surface area contributed by atoms with Crippen LogP contribution >= 0.6 is 22.7 Å². The molecule has 1 aliphatic rings. The summed E-state index contributed by atoms with van der Waals surface area (Å²) >= 11 is 3.28. The zero-order valence-electron chi connectivity index (χ0n) is 23.8. The molecule has 1 amide bonds. The number of amides is 1. The molecule has 5 rings (SSSR count). The Bertz CT molecular complexity index is 1470. The van der Waals surface area contributed by atoms with E-state index in [9.17, 15) is 4.79 Å². The SMILES string of the molecule is CCO[C@@H]1OC(C(=O)Nc2ccc(-c3nc4ccc(C)cc4s3)cc2)=C[C@H](c2ccsc2)[C@@H]1CCOCCOCCO. The van der Waals surface area contributed by atoms with Crippen LogP contribution in [0.3, 0.4) is 0 Å². The second-order valence-corrected chi connectivity index (χ2v) is 11.8. The fourth-order valence-corrected chi connectivity index (χ4v) is 6.71. The van der Waals surface area contributed by atoms with E-state index in [4.69, 9.17) is 29.0 Å². The molecular formula is C32H36N2O6S2. The van der Waals surface area contributed by atoms with Crippen LogP contribution in [0.5, 0.6) is 0 Å². The maximum absolute atomic E-state index is 13.4. The van der Waals surface area contributed by atoms with Gasteiger partial charge < -0.3 is 29.4 Å². The van der Waals surface area contributed by atoms with Crippen molar-refractivity contribution in [2.45, 2.75) is 32.5 Å². The zero-order chi connectivity index (χ0) is 29.3. The molecule has 0 radical (unpaired) electrons. The van der Waals surface area contributed by atoms with Gasteiger partial charge in [-0.3, -0.25) is 4.79 Å². The average Bonchev–Trinajstić information content (AvgIpc) is 3.68. The monoisotopic (exact) mass is 608 g/mol. The molecule has 0 saturated heterocycles. The Morgan fingerprint density at radius 1 is 1.07 bits per heavy atom. The van der Waals surface area contributed by atoms with Crippen molar-refractivity contribution in [3.05, 3.63) is 82.3 Å². The van der Waals surface area contributed by atoms with E-state index in [-0.39, 0.29) is 30.1 Å². The van der Waals surface area contributed by atoms with Gasteiger partial charge in [-0.15, -0.1) is 11.3 Å². The first-order chi connectivity index (χ1) is 20.6. The summed E-state index contributed by atoms with van der Waals surface area (Å²) in [5.74, 6) is -0.184. The lowest BCUT2D eigenvalue weighted by Crippen LogP contribution is -2.38. The third kappa shape index (κ3) is 7.63. The maximum atomic E-state index is 13.4. The average molecular weight is 609 g/mol. The molecule has 8 nitrogen and oxygen atoms in total. The van der Waals surface area contributed by atoms with E-state index in [2.05, 4.69) is 35.8 Å². The van der Waals surface area contributed by atoms with Crippen molar-refractivity contribution in [2.24, 2.45) is 5.92 Å². The molecule has 2 N–H and O–H groups in total. The molecule has 2 aromatic heterocycles. The number of allylic oxidation sites excluding steroid dienone is 1. The van der Waals surface area contributed by atoms with Gasteiger partial charge in [0.05, 0.1) is 36.6 Å². The summed E-state index contributed by atoms with van der Waals surface area (Å²) in [7, 11) is 0. The van der Waals surface area contributed by atoms with Gasteiger partial charge in [0.1, 0.15) is 5.01 Å². The molecule has 10 heteroatoms. The lowest BCUT2D eigenvalue weighted by molar-refractivity contribution is -0.166. The molecule has 4 aromatic rings. The summed E-state index contributed by atoms with van der Waals surface area (Å²) in [6, 6.07) is 16.0. The zero-order valence-corrected chi connectivity index (χ0v) is 25.4. The number of hydrogen-bond donors (Lipinski definition) is 2. The van der Waals surface area contributed by atoms with Crippen LogP contribution in [-0.4, -0.2) is 61.9 Å². The first kappa shape index (κ1) is 30.3. The van der Waals surface area contributed by atoms with Gasteiger partial charge in [-0.1, -0.05) is 6.07 Å². The molecule has 0 fully saturated rings. The van der Waals surface area contributed by atoms with Gasteiger partial charge >= 0.3 is 0 Å². The van der Waals surface area contributed by atoms with E-state index in [0.717, 1.165) is 26.4 Å². The Hall–Kier alpha value is -3.12. The number of rotatable bonds is 14. The van der Waals surface area contributed by atoms with Crippen molar-refractivity contribution in [1.82, 2.24) is 4.98 Å². The Morgan fingerprint density at radius 3 is 2.62 bits per heavy atom. The molecule has 3 heterocycles. The number of thiophene rings is 1. The number of aliphatic hydroxyl groups excluding tert-OH is 1. The highest BCUT2D eigenvalue weighted by Crippen LogP contribution is 2.40. The number of aryl methyl sites for hydroxylation is 1. The smallest absolute Gasteiger partial charge is 0.290 e. The van der Waals surface area contributed by atoms with Gasteiger partial charge in [0.15, 0.2) is 5.76 Å². The second-order valence-electron chi connectivity index (χ2n) is 9.98. The van der Waals surface area contributed by atoms with E-state index in [0.29, 0.717) is 45.1 Å². The number of benzene rings is 2. The van der Waals surface area contributed by atoms with Crippen LogP contribution in [0.2, 0.25) is 0 Å². The van der Waals surface area contributed by atoms with Gasteiger partial charge in [0.25, 0.3) is 5.91 Å². The minimum absolute atomic E-state index is 0.00471. The number of hydrogen-bond acceptors (Lipinski definition) is 9. The highest BCUT2D eigenvalue weighted by molar-refractivity contribution is 7.21. The number of thiazole rings is 1. The highest BCUT2D eigenvalue weighted by Gasteiger charge is 2.38. The first-order valence-electron chi connectivity index (χ1n) is 14.1. The number of aromatic nitrogens is 1. The first-order valence-corrected chi connectivity index (χ1v) is 15.9. The van der Waals surface area contributed by atoms with Gasteiger partial charge in [0.2, 0.25) is 6.29 Å². The highest BCUT2D eigenvalue weighted by atomic mass is 32.1. The predicted octanol–water partition coefficient (Wildman–Crippen LogP) is 6.36. The van der Waals surface area contributed by atoms with Crippen LogP contribution < -0.4 is 5.32 Å². The third-order valence-corrected chi connectivity index (χ3v) is 8.77. The number of carbonyl (C=O) groups is 1. The fourth-order valence-electron chi connectivity index (χ4n) is 4.93. The maximum Gasteiger partial charge on any atom is 0.290 e. The van der Waals surface area contributed by atoms with E-state index in [1.807, 2.05) is 48.7 Å². The number of anilines is 1. The van der Waals surface area contributed by atoms with Crippen LogP contribution in [0.4, 0.5) is 5.69 Å². The third-order valence-electron chi connectivity index (χ3n) is 7.00. The fraction of sp³-hybridized carbons (Fsp3) is 0.375.